The Morgan fingerprint density at radius 1 is 1.44 bits per heavy atom. The Bertz CT molecular complexity index is 914. The summed E-state index contributed by atoms with van der Waals surface area (Å²) in [7, 11) is -3.69. The number of aryl methyl sites for hydroxylation is 2. The zero-order chi connectivity index (χ0) is 18.0. The second-order valence-electron chi connectivity index (χ2n) is 5.94. The van der Waals surface area contributed by atoms with Crippen LogP contribution in [0.1, 0.15) is 29.7 Å². The Morgan fingerprint density at radius 3 is 2.92 bits per heavy atom. The van der Waals surface area contributed by atoms with Crippen LogP contribution in [0.25, 0.3) is 0 Å². The number of benzene rings is 1. The lowest BCUT2D eigenvalue weighted by Crippen LogP contribution is -2.42. The quantitative estimate of drug-likeness (QED) is 0.830. The summed E-state index contributed by atoms with van der Waals surface area (Å²) in [5, 5.41) is 13.3. The van der Waals surface area contributed by atoms with Crippen molar-refractivity contribution < 1.29 is 13.2 Å². The van der Waals surface area contributed by atoms with Crippen LogP contribution in [0.15, 0.2) is 35.5 Å². The van der Waals surface area contributed by atoms with E-state index in [2.05, 4.69) is 5.10 Å². The molecule has 1 aliphatic rings. The number of aromatic nitrogens is 2. The van der Waals surface area contributed by atoms with Crippen molar-refractivity contribution in [2.24, 2.45) is 0 Å². The second-order valence-corrected chi connectivity index (χ2v) is 7.85. The second kappa shape index (κ2) is 6.96. The van der Waals surface area contributed by atoms with E-state index in [1.54, 1.807) is 29.9 Å². The molecule has 0 spiro atoms. The van der Waals surface area contributed by atoms with Crippen LogP contribution in [0, 0.1) is 18.3 Å². The molecule has 1 aromatic heterocycles. The average molecular weight is 360 g/mol. The molecule has 0 bridgehead atoms. The van der Waals surface area contributed by atoms with Crippen LogP contribution in [0.5, 0.6) is 0 Å². The van der Waals surface area contributed by atoms with Crippen molar-refractivity contribution in [2.75, 3.05) is 19.7 Å². The maximum absolute atomic E-state index is 13.1. The molecule has 2 aromatic rings. The summed E-state index contributed by atoms with van der Waals surface area (Å²) in [6, 6.07) is 6.71. The van der Waals surface area contributed by atoms with E-state index in [0.717, 1.165) is 12.1 Å². The molecule has 1 atom stereocenters. The molecule has 0 aliphatic carbocycles. The lowest BCUT2D eigenvalue weighted by Gasteiger charge is -2.32. The van der Waals surface area contributed by atoms with Gasteiger partial charge in [0, 0.05) is 31.4 Å². The fraction of sp³-hybridized carbons (Fsp3) is 0.412. The Morgan fingerprint density at radius 2 is 2.24 bits per heavy atom. The van der Waals surface area contributed by atoms with Gasteiger partial charge in [0.05, 0.1) is 35.4 Å². The Kier molecular flexibility index (Phi) is 4.90. The van der Waals surface area contributed by atoms with Crippen LogP contribution in [0.3, 0.4) is 0 Å². The zero-order valence-electron chi connectivity index (χ0n) is 14.2. The predicted molar refractivity (Wildman–Crippen MR) is 91.2 cm³/mol. The van der Waals surface area contributed by atoms with Gasteiger partial charge in [0.1, 0.15) is 0 Å². The first-order chi connectivity index (χ1) is 12.0. The van der Waals surface area contributed by atoms with Crippen LogP contribution >= 0.6 is 0 Å². The number of nitrogens with zero attached hydrogens (tertiary/aromatic N) is 4. The van der Waals surface area contributed by atoms with E-state index in [-0.39, 0.29) is 24.1 Å². The minimum atomic E-state index is -3.69. The molecule has 1 saturated heterocycles. The molecule has 8 heteroatoms. The number of hydrogen-bond acceptors (Lipinski definition) is 5. The third kappa shape index (κ3) is 3.44. The molecule has 0 N–H and O–H groups in total. The fourth-order valence-electron chi connectivity index (χ4n) is 2.85. The van der Waals surface area contributed by atoms with E-state index >= 15 is 0 Å². The van der Waals surface area contributed by atoms with E-state index in [1.807, 2.05) is 19.2 Å². The van der Waals surface area contributed by atoms with E-state index in [0.29, 0.717) is 17.7 Å². The third-order valence-corrected chi connectivity index (χ3v) is 6.32. The molecule has 1 aliphatic heterocycles. The van der Waals surface area contributed by atoms with Crippen molar-refractivity contribution in [3.63, 3.8) is 0 Å². The van der Waals surface area contributed by atoms with Crippen molar-refractivity contribution in [1.29, 1.82) is 5.26 Å². The lowest BCUT2D eigenvalue weighted by molar-refractivity contribution is -0.00261. The van der Waals surface area contributed by atoms with Crippen molar-refractivity contribution in [1.82, 2.24) is 14.1 Å². The molecule has 0 amide bonds. The normalized spacial score (nSPS) is 18.8. The minimum Gasteiger partial charge on any atom is -0.371 e. The van der Waals surface area contributed by atoms with Gasteiger partial charge in [-0.25, -0.2) is 8.42 Å². The topological polar surface area (TPSA) is 88.2 Å². The van der Waals surface area contributed by atoms with Crippen LogP contribution in [0.4, 0.5) is 0 Å². The molecule has 1 aromatic carbocycles. The predicted octanol–water partition coefficient (Wildman–Crippen LogP) is 1.85. The monoisotopic (exact) mass is 360 g/mol. The van der Waals surface area contributed by atoms with E-state index in [9.17, 15) is 8.42 Å². The molecule has 1 unspecified atom stereocenters. The first kappa shape index (κ1) is 17.6. The van der Waals surface area contributed by atoms with Gasteiger partial charge in [-0.1, -0.05) is 6.07 Å². The highest BCUT2D eigenvalue weighted by molar-refractivity contribution is 7.89. The lowest BCUT2D eigenvalue weighted by atomic mass is 10.2. The summed E-state index contributed by atoms with van der Waals surface area (Å²) in [6.45, 7) is 5.30. The van der Waals surface area contributed by atoms with Crippen molar-refractivity contribution in [2.45, 2.75) is 31.4 Å². The summed E-state index contributed by atoms with van der Waals surface area (Å²) in [5.74, 6) is 0. The largest absolute Gasteiger partial charge is 0.371 e. The standard InChI is InChI=1S/C17H20N4O3S/c1-3-20-11-15(10-19-20)16-12-21(6-7-24-16)25(22,23)17-8-14(9-18)5-4-13(17)2/h4-5,8,10-11,16H,3,6-7,12H2,1-2H3. The van der Waals surface area contributed by atoms with Gasteiger partial charge in [-0.2, -0.15) is 14.7 Å². The minimum absolute atomic E-state index is 0.177. The Labute approximate surface area is 147 Å². The molecular formula is C17H20N4O3S. The van der Waals surface area contributed by atoms with Gasteiger partial charge in [-0.05, 0) is 31.5 Å². The highest BCUT2D eigenvalue weighted by Gasteiger charge is 2.33. The van der Waals surface area contributed by atoms with Crippen LogP contribution in [-0.2, 0) is 21.3 Å². The highest BCUT2D eigenvalue weighted by Crippen LogP contribution is 2.28. The molecule has 1 fully saturated rings. The van der Waals surface area contributed by atoms with Crippen LogP contribution < -0.4 is 0 Å². The molecule has 2 heterocycles. The maximum atomic E-state index is 13.1. The molecule has 0 radical (unpaired) electrons. The molecule has 7 nitrogen and oxygen atoms in total. The van der Waals surface area contributed by atoms with Gasteiger partial charge < -0.3 is 4.74 Å². The average Bonchev–Trinajstić information content (AvgIpc) is 3.11. The summed E-state index contributed by atoms with van der Waals surface area (Å²) in [4.78, 5) is 0.177. The number of hydrogen-bond donors (Lipinski definition) is 0. The van der Waals surface area contributed by atoms with Gasteiger partial charge >= 0.3 is 0 Å². The number of morpholine rings is 1. The van der Waals surface area contributed by atoms with E-state index in [1.165, 1.54) is 10.4 Å². The highest BCUT2D eigenvalue weighted by atomic mass is 32.2. The van der Waals surface area contributed by atoms with Gasteiger partial charge in [0.25, 0.3) is 0 Å². The number of rotatable bonds is 4. The van der Waals surface area contributed by atoms with Gasteiger partial charge in [-0.15, -0.1) is 0 Å². The fourth-order valence-corrected chi connectivity index (χ4v) is 4.53. The van der Waals surface area contributed by atoms with Gasteiger partial charge in [0.2, 0.25) is 10.0 Å². The number of ether oxygens (including phenoxy) is 1. The third-order valence-electron chi connectivity index (χ3n) is 4.31. The number of sulfonamides is 1. The van der Waals surface area contributed by atoms with Crippen molar-refractivity contribution in [3.8, 4) is 6.07 Å². The van der Waals surface area contributed by atoms with Gasteiger partial charge in [-0.3, -0.25) is 4.68 Å². The summed E-state index contributed by atoms with van der Waals surface area (Å²) < 4.78 is 35.1. The molecular weight excluding hydrogens is 340 g/mol. The summed E-state index contributed by atoms with van der Waals surface area (Å²) in [6.07, 6.45) is 3.25. The first-order valence-corrected chi connectivity index (χ1v) is 9.54. The van der Waals surface area contributed by atoms with Gasteiger partial charge in [0.15, 0.2) is 0 Å². The summed E-state index contributed by atoms with van der Waals surface area (Å²) in [5.41, 5.74) is 1.82. The Balaban J connectivity index is 1.88. The smallest absolute Gasteiger partial charge is 0.243 e. The maximum Gasteiger partial charge on any atom is 0.243 e. The molecule has 132 valence electrons. The SMILES string of the molecule is CCn1cc(C2CN(S(=O)(=O)c3cc(C#N)ccc3C)CCO2)cn1. The molecule has 25 heavy (non-hydrogen) atoms. The Hall–Kier alpha value is -2.21. The van der Waals surface area contributed by atoms with Crippen LogP contribution in [-0.4, -0.2) is 42.2 Å². The summed E-state index contributed by atoms with van der Waals surface area (Å²) >= 11 is 0. The molecule has 3 rings (SSSR count). The van der Waals surface area contributed by atoms with Crippen LogP contribution in [0.2, 0.25) is 0 Å². The number of nitriles is 1. The first-order valence-electron chi connectivity index (χ1n) is 8.10. The van der Waals surface area contributed by atoms with Crippen molar-refractivity contribution in [3.05, 3.63) is 47.3 Å². The van der Waals surface area contributed by atoms with Crippen molar-refractivity contribution >= 4 is 10.0 Å². The van der Waals surface area contributed by atoms with E-state index in [4.69, 9.17) is 10.00 Å². The van der Waals surface area contributed by atoms with E-state index < -0.39 is 10.0 Å². The zero-order valence-corrected chi connectivity index (χ0v) is 15.0. The molecule has 0 saturated carbocycles.